The summed E-state index contributed by atoms with van der Waals surface area (Å²) in [5.41, 5.74) is 0.874. The summed E-state index contributed by atoms with van der Waals surface area (Å²) in [5, 5.41) is 5.79. The summed E-state index contributed by atoms with van der Waals surface area (Å²) in [6.07, 6.45) is 2.15. The third kappa shape index (κ3) is 3.10. The van der Waals surface area contributed by atoms with Crippen LogP contribution in [-0.2, 0) is 0 Å². The van der Waals surface area contributed by atoms with Crippen molar-refractivity contribution in [3.63, 3.8) is 0 Å². The van der Waals surface area contributed by atoms with E-state index < -0.39 is 0 Å². The van der Waals surface area contributed by atoms with Crippen LogP contribution in [-0.4, -0.2) is 18.6 Å². The molecule has 0 spiro atoms. The fourth-order valence-electron chi connectivity index (χ4n) is 2.39. The maximum absolute atomic E-state index is 13.9. The van der Waals surface area contributed by atoms with Crippen molar-refractivity contribution in [2.24, 2.45) is 0 Å². The smallest absolute Gasteiger partial charge is 0.140 e. The number of pyridine rings is 1. The largest absolute Gasteiger partial charge is 0.484 e. The van der Waals surface area contributed by atoms with Crippen molar-refractivity contribution in [2.45, 2.75) is 12.5 Å². The van der Waals surface area contributed by atoms with Crippen LogP contribution in [0.15, 0.2) is 48.0 Å². The fourth-order valence-corrected chi connectivity index (χ4v) is 3.22. The lowest BCUT2D eigenvalue weighted by molar-refractivity contribution is 0.197. The van der Waals surface area contributed by atoms with Crippen molar-refractivity contribution >= 4 is 22.2 Å². The number of nitrogens with one attached hydrogen (secondary N) is 1. The lowest BCUT2D eigenvalue weighted by Gasteiger charge is -2.19. The Morgan fingerprint density at radius 1 is 1.27 bits per heavy atom. The first-order chi connectivity index (χ1) is 10.8. The molecule has 0 bridgehead atoms. The average molecular weight is 316 g/mol. The van der Waals surface area contributed by atoms with E-state index in [4.69, 9.17) is 4.74 Å². The molecule has 22 heavy (non-hydrogen) atoms. The van der Waals surface area contributed by atoms with Crippen molar-refractivity contribution in [1.29, 1.82) is 0 Å². The number of fused-ring (bicyclic) bond motifs is 1. The van der Waals surface area contributed by atoms with Gasteiger partial charge in [0, 0.05) is 18.0 Å². The van der Waals surface area contributed by atoms with Crippen LogP contribution in [0.3, 0.4) is 0 Å². The molecule has 0 saturated heterocycles. The van der Waals surface area contributed by atoms with Crippen LogP contribution in [0.1, 0.15) is 17.4 Å². The van der Waals surface area contributed by atoms with Crippen LogP contribution in [0.2, 0.25) is 0 Å². The predicted molar refractivity (Wildman–Crippen MR) is 87.9 cm³/mol. The van der Waals surface area contributed by atoms with Gasteiger partial charge in [0.05, 0.1) is 10.4 Å². The van der Waals surface area contributed by atoms with Crippen LogP contribution in [0, 0.1) is 5.82 Å². The SMILES string of the molecule is CNCC[C@H](Oc1cccc2ncccc12)c1sccc1F. The highest BCUT2D eigenvalue weighted by atomic mass is 32.1. The van der Waals surface area contributed by atoms with Gasteiger partial charge in [0.2, 0.25) is 0 Å². The Balaban J connectivity index is 1.93. The molecule has 0 aliphatic heterocycles. The number of benzene rings is 1. The number of rotatable bonds is 6. The van der Waals surface area contributed by atoms with E-state index in [-0.39, 0.29) is 11.9 Å². The molecule has 0 unspecified atom stereocenters. The molecule has 0 radical (unpaired) electrons. The molecule has 3 rings (SSSR count). The van der Waals surface area contributed by atoms with E-state index in [9.17, 15) is 4.39 Å². The molecule has 1 N–H and O–H groups in total. The highest BCUT2D eigenvalue weighted by Gasteiger charge is 2.19. The number of aromatic nitrogens is 1. The molecular weight excluding hydrogens is 299 g/mol. The second-order valence-corrected chi connectivity index (χ2v) is 5.91. The van der Waals surface area contributed by atoms with Crippen LogP contribution in [0.5, 0.6) is 5.75 Å². The summed E-state index contributed by atoms with van der Waals surface area (Å²) in [4.78, 5) is 4.96. The van der Waals surface area contributed by atoms with Gasteiger partial charge in [0.15, 0.2) is 0 Å². The van der Waals surface area contributed by atoms with Crippen LogP contribution in [0.4, 0.5) is 4.39 Å². The lowest BCUT2D eigenvalue weighted by Crippen LogP contribution is -2.16. The minimum atomic E-state index is -0.307. The van der Waals surface area contributed by atoms with Gasteiger partial charge in [0.1, 0.15) is 17.7 Å². The van der Waals surface area contributed by atoms with Crippen molar-refractivity contribution in [1.82, 2.24) is 10.3 Å². The first-order valence-corrected chi connectivity index (χ1v) is 8.05. The van der Waals surface area contributed by atoms with E-state index in [1.54, 1.807) is 11.6 Å². The van der Waals surface area contributed by atoms with Crippen molar-refractivity contribution in [3.8, 4) is 5.75 Å². The number of nitrogens with zero attached hydrogens (tertiary/aromatic N) is 1. The van der Waals surface area contributed by atoms with E-state index in [2.05, 4.69) is 10.3 Å². The summed E-state index contributed by atoms with van der Waals surface area (Å²) in [5.74, 6) is 0.531. The molecule has 0 saturated carbocycles. The fraction of sp³-hybridized carbons (Fsp3) is 0.235. The number of hydrogen-bond donors (Lipinski definition) is 1. The van der Waals surface area contributed by atoms with Crippen LogP contribution in [0.25, 0.3) is 10.9 Å². The maximum Gasteiger partial charge on any atom is 0.140 e. The summed E-state index contributed by atoms with van der Waals surface area (Å²) < 4.78 is 20.1. The molecule has 0 fully saturated rings. The molecule has 0 aliphatic rings. The summed E-state index contributed by atoms with van der Waals surface area (Å²) in [6.45, 7) is 0.755. The Kier molecular flexibility index (Phi) is 4.65. The predicted octanol–water partition coefficient (Wildman–Crippen LogP) is 4.17. The zero-order valence-corrected chi connectivity index (χ0v) is 13.1. The van der Waals surface area contributed by atoms with E-state index >= 15 is 0 Å². The van der Waals surface area contributed by atoms with E-state index in [1.165, 1.54) is 17.4 Å². The van der Waals surface area contributed by atoms with Crippen molar-refractivity contribution in [2.75, 3.05) is 13.6 Å². The van der Waals surface area contributed by atoms with Crippen LogP contribution < -0.4 is 10.1 Å². The second kappa shape index (κ2) is 6.85. The highest BCUT2D eigenvalue weighted by Crippen LogP contribution is 2.33. The Hall–Kier alpha value is -1.98. The zero-order valence-electron chi connectivity index (χ0n) is 12.3. The quantitative estimate of drug-likeness (QED) is 0.741. The van der Waals surface area contributed by atoms with Gasteiger partial charge in [-0.05, 0) is 49.3 Å². The second-order valence-electron chi connectivity index (χ2n) is 4.96. The highest BCUT2D eigenvalue weighted by molar-refractivity contribution is 7.10. The molecule has 3 nitrogen and oxygen atoms in total. The normalized spacial score (nSPS) is 12.5. The van der Waals surface area contributed by atoms with Gasteiger partial charge in [-0.25, -0.2) is 4.39 Å². The van der Waals surface area contributed by atoms with Crippen molar-refractivity contribution in [3.05, 3.63) is 58.7 Å². The Morgan fingerprint density at radius 2 is 2.18 bits per heavy atom. The van der Waals surface area contributed by atoms with E-state index in [1.807, 2.05) is 37.4 Å². The number of hydrogen-bond acceptors (Lipinski definition) is 4. The summed E-state index contributed by atoms with van der Waals surface area (Å²) >= 11 is 1.39. The molecule has 114 valence electrons. The van der Waals surface area contributed by atoms with Gasteiger partial charge in [-0.15, -0.1) is 11.3 Å². The molecule has 1 aromatic carbocycles. The molecule has 0 amide bonds. The zero-order chi connectivity index (χ0) is 15.4. The van der Waals surface area contributed by atoms with Gasteiger partial charge in [-0.3, -0.25) is 4.98 Å². The average Bonchev–Trinajstić information content (AvgIpc) is 2.97. The van der Waals surface area contributed by atoms with Crippen LogP contribution >= 0.6 is 11.3 Å². The minimum absolute atomic E-state index is 0.204. The third-order valence-corrected chi connectivity index (χ3v) is 4.45. The summed E-state index contributed by atoms with van der Waals surface area (Å²) in [6, 6.07) is 11.1. The molecular formula is C17H17FN2OS. The first-order valence-electron chi connectivity index (χ1n) is 7.17. The minimum Gasteiger partial charge on any atom is -0.484 e. The third-order valence-electron chi connectivity index (χ3n) is 3.47. The van der Waals surface area contributed by atoms with E-state index in [0.717, 1.165) is 23.2 Å². The molecule has 5 heteroatoms. The van der Waals surface area contributed by atoms with Gasteiger partial charge in [-0.1, -0.05) is 6.07 Å². The van der Waals surface area contributed by atoms with Gasteiger partial charge in [-0.2, -0.15) is 0 Å². The lowest BCUT2D eigenvalue weighted by atomic mass is 10.1. The van der Waals surface area contributed by atoms with Crippen molar-refractivity contribution < 1.29 is 9.13 Å². The Labute approximate surface area is 132 Å². The summed E-state index contributed by atoms with van der Waals surface area (Å²) in [7, 11) is 1.88. The van der Waals surface area contributed by atoms with Gasteiger partial charge in [0.25, 0.3) is 0 Å². The van der Waals surface area contributed by atoms with Gasteiger partial charge < -0.3 is 10.1 Å². The maximum atomic E-state index is 13.9. The number of halogens is 1. The molecule has 3 aromatic rings. The molecule has 2 heterocycles. The van der Waals surface area contributed by atoms with Gasteiger partial charge >= 0.3 is 0 Å². The van der Waals surface area contributed by atoms with E-state index in [0.29, 0.717) is 11.3 Å². The molecule has 1 atom stereocenters. The Morgan fingerprint density at radius 3 is 2.95 bits per heavy atom. The number of thiophene rings is 1. The Bertz CT molecular complexity index is 754. The first kappa shape index (κ1) is 14.9. The monoisotopic (exact) mass is 316 g/mol. The topological polar surface area (TPSA) is 34.1 Å². The molecule has 2 aromatic heterocycles. The standard InChI is InChI=1S/C17H17FN2OS/c1-19-10-7-16(17-13(18)8-11-22-17)21-15-6-2-5-14-12(15)4-3-9-20-14/h2-6,8-9,11,16,19H,7,10H2,1H3/t16-/m0/s1. The molecule has 0 aliphatic carbocycles. The number of ether oxygens (including phenoxy) is 1.